The Morgan fingerprint density at radius 2 is 2.00 bits per heavy atom. The number of morpholine rings is 1. The fraction of sp³-hybridized carbons (Fsp3) is 0.562. The Hall–Kier alpha value is -1.59. The van der Waals surface area contributed by atoms with Gasteiger partial charge in [0.2, 0.25) is 5.91 Å². The van der Waals surface area contributed by atoms with E-state index in [1.165, 1.54) is 0 Å². The van der Waals surface area contributed by atoms with Crippen molar-refractivity contribution >= 4 is 17.3 Å². The van der Waals surface area contributed by atoms with Crippen LogP contribution >= 0.6 is 0 Å². The predicted molar refractivity (Wildman–Crippen MR) is 85.5 cm³/mol. The highest BCUT2D eigenvalue weighted by atomic mass is 16.5. The van der Waals surface area contributed by atoms with E-state index in [4.69, 9.17) is 10.5 Å². The maximum absolute atomic E-state index is 12.2. The van der Waals surface area contributed by atoms with Crippen LogP contribution in [-0.4, -0.2) is 38.3 Å². The number of amides is 1. The first-order chi connectivity index (χ1) is 10.1. The Morgan fingerprint density at radius 3 is 2.67 bits per heavy atom. The predicted octanol–water partition coefficient (Wildman–Crippen LogP) is 1.84. The highest BCUT2D eigenvalue weighted by Gasteiger charge is 2.19. The summed E-state index contributed by atoms with van der Waals surface area (Å²) >= 11 is 0. The third-order valence-corrected chi connectivity index (χ3v) is 3.58. The van der Waals surface area contributed by atoms with Gasteiger partial charge >= 0.3 is 0 Å². The van der Waals surface area contributed by atoms with E-state index in [-0.39, 0.29) is 5.91 Å². The van der Waals surface area contributed by atoms with E-state index in [0.29, 0.717) is 12.3 Å². The van der Waals surface area contributed by atoms with Crippen molar-refractivity contribution in [3.8, 4) is 0 Å². The van der Waals surface area contributed by atoms with Crippen LogP contribution in [0.15, 0.2) is 24.3 Å². The molecule has 0 aromatic heterocycles. The fourth-order valence-corrected chi connectivity index (χ4v) is 2.50. The molecule has 5 nitrogen and oxygen atoms in total. The first-order valence-corrected chi connectivity index (χ1v) is 7.56. The Morgan fingerprint density at radius 1 is 1.33 bits per heavy atom. The topological polar surface area (TPSA) is 67.6 Å². The lowest BCUT2D eigenvalue weighted by Gasteiger charge is -2.30. The quantitative estimate of drug-likeness (QED) is 0.868. The number of carbonyl (C=O) groups excluding carboxylic acids is 1. The summed E-state index contributed by atoms with van der Waals surface area (Å²) in [5, 5.41) is 2.97. The van der Waals surface area contributed by atoms with Gasteiger partial charge in [0.15, 0.2) is 0 Å². The average molecular weight is 291 g/mol. The zero-order valence-corrected chi connectivity index (χ0v) is 12.8. The SMILES string of the molecule is CC(C)C[C@H](N)C(=O)Nc1ccccc1N1CCOCC1. The first kappa shape index (κ1) is 15.8. The van der Waals surface area contributed by atoms with Gasteiger partial charge in [0.25, 0.3) is 0 Å². The van der Waals surface area contributed by atoms with Crippen LogP contribution in [0.3, 0.4) is 0 Å². The lowest BCUT2D eigenvalue weighted by molar-refractivity contribution is -0.117. The Bertz CT molecular complexity index is 470. The van der Waals surface area contributed by atoms with Crippen LogP contribution in [0.5, 0.6) is 0 Å². The van der Waals surface area contributed by atoms with Gasteiger partial charge in [-0.15, -0.1) is 0 Å². The molecule has 1 amide bonds. The van der Waals surface area contributed by atoms with E-state index >= 15 is 0 Å². The number of nitrogens with two attached hydrogens (primary N) is 1. The third kappa shape index (κ3) is 4.44. The summed E-state index contributed by atoms with van der Waals surface area (Å²) in [5.41, 5.74) is 7.80. The van der Waals surface area contributed by atoms with Gasteiger partial charge in [-0.25, -0.2) is 0 Å². The average Bonchev–Trinajstić information content (AvgIpc) is 2.48. The second-order valence-electron chi connectivity index (χ2n) is 5.84. The van der Waals surface area contributed by atoms with Crippen molar-refractivity contribution in [2.75, 3.05) is 36.5 Å². The van der Waals surface area contributed by atoms with Crippen molar-refractivity contribution in [2.24, 2.45) is 11.7 Å². The first-order valence-electron chi connectivity index (χ1n) is 7.56. The van der Waals surface area contributed by atoms with Crippen LogP contribution in [0, 0.1) is 5.92 Å². The molecule has 1 saturated heterocycles. The number of carbonyl (C=O) groups is 1. The number of hydrogen-bond donors (Lipinski definition) is 2. The van der Waals surface area contributed by atoms with Gasteiger partial charge in [-0.2, -0.15) is 0 Å². The maximum atomic E-state index is 12.2. The van der Waals surface area contributed by atoms with Crippen molar-refractivity contribution in [3.05, 3.63) is 24.3 Å². The Balaban J connectivity index is 2.07. The van der Waals surface area contributed by atoms with Gasteiger partial charge in [0.05, 0.1) is 30.6 Å². The lowest BCUT2D eigenvalue weighted by Crippen LogP contribution is -2.39. The second kappa shape index (κ2) is 7.43. The number of nitrogens with zero attached hydrogens (tertiary/aromatic N) is 1. The molecule has 1 aromatic carbocycles. The number of benzene rings is 1. The summed E-state index contributed by atoms with van der Waals surface area (Å²) < 4.78 is 5.38. The van der Waals surface area contributed by atoms with Gasteiger partial charge < -0.3 is 20.7 Å². The second-order valence-corrected chi connectivity index (χ2v) is 5.84. The minimum Gasteiger partial charge on any atom is -0.378 e. The number of rotatable bonds is 5. The van der Waals surface area contributed by atoms with E-state index in [2.05, 4.69) is 24.1 Å². The van der Waals surface area contributed by atoms with Crippen LogP contribution in [0.2, 0.25) is 0 Å². The van der Waals surface area contributed by atoms with Gasteiger partial charge in [0.1, 0.15) is 0 Å². The molecule has 0 bridgehead atoms. The lowest BCUT2D eigenvalue weighted by atomic mass is 10.0. The molecule has 1 heterocycles. The molecule has 1 aliphatic rings. The molecule has 1 aromatic rings. The number of hydrogen-bond acceptors (Lipinski definition) is 4. The van der Waals surface area contributed by atoms with Crippen LogP contribution in [-0.2, 0) is 9.53 Å². The van der Waals surface area contributed by atoms with E-state index < -0.39 is 6.04 Å². The van der Waals surface area contributed by atoms with E-state index in [1.54, 1.807) is 0 Å². The highest BCUT2D eigenvalue weighted by Crippen LogP contribution is 2.26. The van der Waals surface area contributed by atoms with E-state index in [9.17, 15) is 4.79 Å². The smallest absolute Gasteiger partial charge is 0.241 e. The number of anilines is 2. The number of para-hydroxylation sites is 2. The summed E-state index contributed by atoms with van der Waals surface area (Å²) in [6.45, 7) is 7.24. The summed E-state index contributed by atoms with van der Waals surface area (Å²) in [7, 11) is 0. The molecule has 0 spiro atoms. The molecule has 1 aliphatic heterocycles. The molecule has 2 rings (SSSR count). The van der Waals surface area contributed by atoms with Crippen molar-refractivity contribution in [3.63, 3.8) is 0 Å². The Labute approximate surface area is 126 Å². The van der Waals surface area contributed by atoms with Crippen molar-refractivity contribution in [1.82, 2.24) is 0 Å². The largest absolute Gasteiger partial charge is 0.378 e. The van der Waals surface area contributed by atoms with Crippen LogP contribution < -0.4 is 16.0 Å². The zero-order valence-electron chi connectivity index (χ0n) is 12.8. The molecule has 0 saturated carbocycles. The summed E-state index contributed by atoms with van der Waals surface area (Å²) in [4.78, 5) is 14.4. The van der Waals surface area contributed by atoms with Crippen molar-refractivity contribution < 1.29 is 9.53 Å². The third-order valence-electron chi connectivity index (χ3n) is 3.58. The molecule has 1 fully saturated rings. The molecule has 1 atom stereocenters. The zero-order chi connectivity index (χ0) is 15.2. The minimum atomic E-state index is -0.470. The Kier molecular flexibility index (Phi) is 5.59. The maximum Gasteiger partial charge on any atom is 0.241 e. The highest BCUT2D eigenvalue weighted by molar-refractivity contribution is 5.97. The normalized spacial score (nSPS) is 16.9. The summed E-state index contributed by atoms with van der Waals surface area (Å²) in [5.74, 6) is 0.282. The molecule has 3 N–H and O–H groups in total. The van der Waals surface area contributed by atoms with Gasteiger partial charge in [-0.05, 0) is 24.5 Å². The van der Waals surface area contributed by atoms with Crippen molar-refractivity contribution in [1.29, 1.82) is 0 Å². The summed E-state index contributed by atoms with van der Waals surface area (Å²) in [6.07, 6.45) is 0.686. The standard InChI is InChI=1S/C16H25N3O2/c1-12(2)11-13(17)16(20)18-14-5-3-4-6-15(14)19-7-9-21-10-8-19/h3-6,12-13H,7-11,17H2,1-2H3,(H,18,20)/t13-/m0/s1. The number of ether oxygens (including phenoxy) is 1. The number of nitrogens with one attached hydrogen (secondary N) is 1. The minimum absolute atomic E-state index is 0.121. The van der Waals surface area contributed by atoms with Crippen LogP contribution in [0.4, 0.5) is 11.4 Å². The molecule has 5 heteroatoms. The van der Waals surface area contributed by atoms with Crippen LogP contribution in [0.1, 0.15) is 20.3 Å². The molecule has 0 unspecified atom stereocenters. The van der Waals surface area contributed by atoms with E-state index in [1.807, 2.05) is 24.3 Å². The monoisotopic (exact) mass is 291 g/mol. The fourth-order valence-electron chi connectivity index (χ4n) is 2.50. The van der Waals surface area contributed by atoms with Gasteiger partial charge in [0, 0.05) is 13.1 Å². The van der Waals surface area contributed by atoms with Gasteiger partial charge in [-0.1, -0.05) is 26.0 Å². The molecule has 0 aliphatic carbocycles. The van der Waals surface area contributed by atoms with Gasteiger partial charge in [-0.3, -0.25) is 4.79 Å². The van der Waals surface area contributed by atoms with Crippen molar-refractivity contribution in [2.45, 2.75) is 26.3 Å². The molecular weight excluding hydrogens is 266 g/mol. The van der Waals surface area contributed by atoms with E-state index in [0.717, 1.165) is 37.7 Å². The van der Waals surface area contributed by atoms with Crippen LogP contribution in [0.25, 0.3) is 0 Å². The summed E-state index contributed by atoms with van der Waals surface area (Å²) in [6, 6.07) is 7.38. The molecular formula is C16H25N3O2. The molecule has 0 radical (unpaired) electrons. The molecule has 21 heavy (non-hydrogen) atoms. The molecule has 116 valence electrons.